The smallest absolute Gasteiger partial charge is 0.0639 e. The molecule has 0 saturated heterocycles. The zero-order chi connectivity index (χ0) is 10.4. The average molecular weight is 208 g/mol. The minimum atomic E-state index is 0.161. The van der Waals surface area contributed by atoms with Crippen molar-refractivity contribution in [3.63, 3.8) is 0 Å². The van der Waals surface area contributed by atoms with E-state index in [2.05, 4.69) is 37.3 Å². The maximum absolute atomic E-state index is 8.79. The first-order valence-corrected chi connectivity index (χ1v) is 5.67. The van der Waals surface area contributed by atoms with E-state index >= 15 is 0 Å². The van der Waals surface area contributed by atoms with Crippen LogP contribution in [0.1, 0.15) is 12.5 Å². The fourth-order valence-electron chi connectivity index (χ4n) is 0.979. The van der Waals surface area contributed by atoms with Crippen molar-refractivity contribution in [3.05, 3.63) is 41.5 Å². The van der Waals surface area contributed by atoms with Crippen molar-refractivity contribution in [1.29, 1.82) is 0 Å². The fourth-order valence-corrected chi connectivity index (χ4v) is 1.87. The highest BCUT2D eigenvalue weighted by molar-refractivity contribution is 7.99. The molecule has 14 heavy (non-hydrogen) atoms. The second-order valence-electron chi connectivity index (χ2n) is 3.33. The molecular formula is C12H16OS. The first kappa shape index (κ1) is 11.3. The van der Waals surface area contributed by atoms with E-state index in [1.807, 2.05) is 6.92 Å². The van der Waals surface area contributed by atoms with Gasteiger partial charge in [0.2, 0.25) is 0 Å². The van der Waals surface area contributed by atoms with Crippen molar-refractivity contribution in [2.75, 3.05) is 12.4 Å². The summed E-state index contributed by atoms with van der Waals surface area (Å²) < 4.78 is 0. The number of benzene rings is 1. The minimum absolute atomic E-state index is 0.161. The highest BCUT2D eigenvalue weighted by Gasteiger charge is 1.91. The zero-order valence-corrected chi connectivity index (χ0v) is 9.47. The van der Waals surface area contributed by atoms with E-state index in [9.17, 15) is 0 Å². The highest BCUT2D eigenvalue weighted by Crippen LogP contribution is 2.18. The van der Waals surface area contributed by atoms with Crippen molar-refractivity contribution >= 4 is 11.8 Å². The summed E-state index contributed by atoms with van der Waals surface area (Å²) in [5.74, 6) is 0.926. The molecule has 1 nitrogen and oxygen atoms in total. The standard InChI is InChI=1S/C12H16OS/c1-10-3-5-12(6-4-10)14-8-7-11(2)9-13/h3-7,13H,8-9H2,1-2H3/b11-7-. The monoisotopic (exact) mass is 208 g/mol. The van der Waals surface area contributed by atoms with Crippen LogP contribution in [0.25, 0.3) is 0 Å². The molecule has 0 unspecified atom stereocenters. The normalized spacial score (nSPS) is 11.8. The molecule has 1 N–H and O–H groups in total. The molecule has 0 heterocycles. The highest BCUT2D eigenvalue weighted by atomic mass is 32.2. The van der Waals surface area contributed by atoms with E-state index in [0.29, 0.717) is 0 Å². The third-order valence-corrected chi connectivity index (χ3v) is 2.89. The molecule has 0 fully saturated rings. The molecule has 0 aliphatic carbocycles. The number of rotatable bonds is 4. The minimum Gasteiger partial charge on any atom is -0.392 e. The summed E-state index contributed by atoms with van der Waals surface area (Å²) in [6.07, 6.45) is 2.06. The van der Waals surface area contributed by atoms with Crippen LogP contribution in [-0.2, 0) is 0 Å². The summed E-state index contributed by atoms with van der Waals surface area (Å²) >= 11 is 1.79. The maximum Gasteiger partial charge on any atom is 0.0639 e. The van der Waals surface area contributed by atoms with Crippen molar-refractivity contribution in [2.24, 2.45) is 0 Å². The number of hydrogen-bond acceptors (Lipinski definition) is 2. The molecule has 0 aromatic heterocycles. The lowest BCUT2D eigenvalue weighted by molar-refractivity contribution is 0.331. The lowest BCUT2D eigenvalue weighted by Gasteiger charge is -1.99. The van der Waals surface area contributed by atoms with Crippen LogP contribution >= 0.6 is 11.8 Å². The predicted molar refractivity (Wildman–Crippen MR) is 62.7 cm³/mol. The lowest BCUT2D eigenvalue weighted by atomic mass is 10.2. The summed E-state index contributed by atoms with van der Waals surface area (Å²) in [4.78, 5) is 1.28. The van der Waals surface area contributed by atoms with E-state index in [4.69, 9.17) is 5.11 Å². The molecule has 0 amide bonds. The van der Waals surface area contributed by atoms with Gasteiger partial charge in [-0.05, 0) is 26.0 Å². The van der Waals surface area contributed by atoms with Crippen molar-refractivity contribution < 1.29 is 5.11 Å². The molecule has 0 aliphatic heterocycles. The first-order chi connectivity index (χ1) is 6.72. The van der Waals surface area contributed by atoms with Crippen molar-refractivity contribution in [3.8, 4) is 0 Å². The SMILES string of the molecule is C/C(=C/CSc1ccc(C)cc1)CO. The molecule has 0 saturated carbocycles. The molecule has 76 valence electrons. The zero-order valence-electron chi connectivity index (χ0n) is 8.66. The largest absolute Gasteiger partial charge is 0.392 e. The third-order valence-electron chi connectivity index (χ3n) is 1.95. The van der Waals surface area contributed by atoms with Gasteiger partial charge < -0.3 is 5.11 Å². The number of thioether (sulfide) groups is 1. The van der Waals surface area contributed by atoms with Gasteiger partial charge in [0.15, 0.2) is 0 Å². The Morgan fingerprint density at radius 3 is 2.57 bits per heavy atom. The van der Waals surface area contributed by atoms with Crippen molar-refractivity contribution in [1.82, 2.24) is 0 Å². The Kier molecular flexibility index (Phi) is 4.77. The Hall–Kier alpha value is -0.730. The van der Waals surface area contributed by atoms with Gasteiger partial charge in [-0.25, -0.2) is 0 Å². The Morgan fingerprint density at radius 1 is 1.36 bits per heavy atom. The molecule has 2 heteroatoms. The Balaban J connectivity index is 2.42. The Bertz CT molecular complexity index is 301. The lowest BCUT2D eigenvalue weighted by Crippen LogP contribution is -1.84. The van der Waals surface area contributed by atoms with Crippen LogP contribution in [0.3, 0.4) is 0 Å². The summed E-state index contributed by atoms with van der Waals surface area (Å²) in [6.45, 7) is 4.19. The number of hydrogen-bond donors (Lipinski definition) is 1. The summed E-state index contributed by atoms with van der Waals surface area (Å²) in [7, 11) is 0. The predicted octanol–water partition coefficient (Wildman–Crippen LogP) is 3.03. The van der Waals surface area contributed by atoms with Gasteiger partial charge >= 0.3 is 0 Å². The van der Waals surface area contributed by atoms with Gasteiger partial charge in [0.05, 0.1) is 6.61 Å². The van der Waals surface area contributed by atoms with E-state index in [-0.39, 0.29) is 6.61 Å². The van der Waals surface area contributed by atoms with Gasteiger partial charge in [0, 0.05) is 10.6 Å². The van der Waals surface area contributed by atoms with Crippen LogP contribution in [0.4, 0.5) is 0 Å². The summed E-state index contributed by atoms with van der Waals surface area (Å²) in [5.41, 5.74) is 2.32. The van der Waals surface area contributed by atoms with E-state index in [0.717, 1.165) is 11.3 Å². The van der Waals surface area contributed by atoms with Crippen LogP contribution < -0.4 is 0 Å². The molecule has 1 rings (SSSR count). The molecule has 0 radical (unpaired) electrons. The van der Waals surface area contributed by atoms with Gasteiger partial charge in [-0.2, -0.15) is 0 Å². The maximum atomic E-state index is 8.79. The van der Waals surface area contributed by atoms with Gasteiger partial charge in [-0.15, -0.1) is 11.8 Å². The Labute approximate surface area is 89.8 Å². The van der Waals surface area contributed by atoms with E-state index < -0.39 is 0 Å². The number of aryl methyl sites for hydroxylation is 1. The molecule has 0 aliphatic rings. The van der Waals surface area contributed by atoms with E-state index in [1.165, 1.54) is 10.5 Å². The summed E-state index contributed by atoms with van der Waals surface area (Å²) in [6, 6.07) is 8.49. The quantitative estimate of drug-likeness (QED) is 0.606. The number of aliphatic hydroxyl groups is 1. The fraction of sp³-hybridized carbons (Fsp3) is 0.333. The molecular weight excluding hydrogens is 192 g/mol. The summed E-state index contributed by atoms with van der Waals surface area (Å²) in [5, 5.41) is 8.79. The van der Waals surface area contributed by atoms with Crippen LogP contribution in [0.15, 0.2) is 40.8 Å². The average Bonchev–Trinajstić information content (AvgIpc) is 2.21. The number of aliphatic hydroxyl groups excluding tert-OH is 1. The van der Waals surface area contributed by atoms with E-state index in [1.54, 1.807) is 11.8 Å². The van der Waals surface area contributed by atoms with Gasteiger partial charge in [-0.1, -0.05) is 29.3 Å². The second-order valence-corrected chi connectivity index (χ2v) is 4.43. The molecule has 1 aromatic carbocycles. The van der Waals surface area contributed by atoms with Gasteiger partial charge in [-0.3, -0.25) is 0 Å². The van der Waals surface area contributed by atoms with Gasteiger partial charge in [0.25, 0.3) is 0 Å². The molecule has 0 spiro atoms. The molecule has 0 bridgehead atoms. The van der Waals surface area contributed by atoms with Crippen LogP contribution in [0, 0.1) is 6.92 Å². The molecule has 0 atom stereocenters. The van der Waals surface area contributed by atoms with Crippen LogP contribution in [0.5, 0.6) is 0 Å². The van der Waals surface area contributed by atoms with Gasteiger partial charge in [0.1, 0.15) is 0 Å². The third kappa shape index (κ3) is 3.99. The topological polar surface area (TPSA) is 20.2 Å². The van der Waals surface area contributed by atoms with Crippen molar-refractivity contribution in [2.45, 2.75) is 18.7 Å². The molecule has 1 aromatic rings. The Morgan fingerprint density at radius 2 is 2.00 bits per heavy atom. The van der Waals surface area contributed by atoms with Crippen LogP contribution in [-0.4, -0.2) is 17.5 Å². The van der Waals surface area contributed by atoms with Crippen LogP contribution in [0.2, 0.25) is 0 Å². The first-order valence-electron chi connectivity index (χ1n) is 4.68. The second kappa shape index (κ2) is 5.89.